The summed E-state index contributed by atoms with van der Waals surface area (Å²) < 4.78 is 34.9. The average molecular weight is 308 g/mol. The zero-order chi connectivity index (χ0) is 15.2. The van der Waals surface area contributed by atoms with Crippen molar-refractivity contribution >= 4 is 32.7 Å². The molecule has 1 aromatic heterocycles. The summed E-state index contributed by atoms with van der Waals surface area (Å²) in [4.78, 5) is 17.6. The number of anilines is 1. The van der Waals surface area contributed by atoms with E-state index in [1.54, 1.807) is 18.2 Å². The van der Waals surface area contributed by atoms with E-state index in [-0.39, 0.29) is 18.9 Å². The summed E-state index contributed by atoms with van der Waals surface area (Å²) in [6.07, 6.45) is -0.316. The fraction of sp³-hybridized carbons (Fsp3) is 0.286. The maximum Gasteiger partial charge on any atom is 0.307 e. The SMILES string of the molecule is Cc1ccc2cc(N3CC(S(=O)(=O)F)CC3=O)ccc2n1. The van der Waals surface area contributed by atoms with Crippen molar-refractivity contribution in [2.45, 2.75) is 18.6 Å². The number of carbonyl (C=O) groups excluding carboxylic acids is 1. The van der Waals surface area contributed by atoms with Crippen molar-refractivity contribution in [1.82, 2.24) is 4.98 Å². The summed E-state index contributed by atoms with van der Waals surface area (Å²) >= 11 is 0. The van der Waals surface area contributed by atoms with Crippen LogP contribution in [0.1, 0.15) is 12.1 Å². The molecule has 3 rings (SSSR count). The first-order chi connectivity index (χ1) is 9.84. The number of nitrogens with zero attached hydrogens (tertiary/aromatic N) is 2. The molecule has 21 heavy (non-hydrogen) atoms. The lowest BCUT2D eigenvalue weighted by Crippen LogP contribution is -2.26. The predicted octanol–water partition coefficient (Wildman–Crippen LogP) is 1.95. The molecule has 1 aromatic carbocycles. The molecule has 1 fully saturated rings. The smallest absolute Gasteiger partial charge is 0.307 e. The highest BCUT2D eigenvalue weighted by Crippen LogP contribution is 2.28. The van der Waals surface area contributed by atoms with Gasteiger partial charge < -0.3 is 4.90 Å². The topological polar surface area (TPSA) is 67.3 Å². The Morgan fingerprint density at radius 1 is 1.29 bits per heavy atom. The van der Waals surface area contributed by atoms with Gasteiger partial charge in [0.25, 0.3) is 0 Å². The van der Waals surface area contributed by atoms with Gasteiger partial charge in [0.1, 0.15) is 5.25 Å². The molecule has 0 bridgehead atoms. The molecule has 0 N–H and O–H groups in total. The highest BCUT2D eigenvalue weighted by Gasteiger charge is 2.39. The first-order valence-electron chi connectivity index (χ1n) is 6.46. The monoisotopic (exact) mass is 308 g/mol. The molecule has 0 radical (unpaired) electrons. The van der Waals surface area contributed by atoms with E-state index in [1.807, 2.05) is 19.1 Å². The Balaban J connectivity index is 1.97. The third-order valence-electron chi connectivity index (χ3n) is 3.61. The number of hydrogen-bond acceptors (Lipinski definition) is 4. The number of fused-ring (bicyclic) bond motifs is 1. The number of amides is 1. The Hall–Kier alpha value is -2.02. The molecule has 5 nitrogen and oxygen atoms in total. The number of aryl methyl sites for hydroxylation is 1. The normalized spacial score (nSPS) is 19.4. The maximum atomic E-state index is 13.0. The number of benzene rings is 1. The van der Waals surface area contributed by atoms with Crippen LogP contribution in [0.5, 0.6) is 0 Å². The van der Waals surface area contributed by atoms with Crippen LogP contribution < -0.4 is 4.90 Å². The van der Waals surface area contributed by atoms with Crippen molar-refractivity contribution < 1.29 is 17.1 Å². The van der Waals surface area contributed by atoms with Crippen molar-refractivity contribution in [3.8, 4) is 0 Å². The van der Waals surface area contributed by atoms with Crippen molar-refractivity contribution in [2.24, 2.45) is 0 Å². The first-order valence-corrected chi connectivity index (χ1v) is 7.90. The molecule has 0 spiro atoms. The maximum absolute atomic E-state index is 13.0. The van der Waals surface area contributed by atoms with Crippen LogP contribution in [-0.2, 0) is 15.0 Å². The van der Waals surface area contributed by atoms with E-state index in [9.17, 15) is 17.1 Å². The van der Waals surface area contributed by atoms with Gasteiger partial charge in [0.15, 0.2) is 0 Å². The standard InChI is InChI=1S/C14H13FN2O3S/c1-9-2-3-10-6-11(4-5-13(10)16-9)17-8-12(7-14(17)18)21(15,19)20/h2-6,12H,7-8H2,1H3. The number of carbonyl (C=O) groups is 1. The van der Waals surface area contributed by atoms with E-state index < -0.39 is 15.5 Å². The van der Waals surface area contributed by atoms with Crippen LogP contribution in [0.25, 0.3) is 10.9 Å². The van der Waals surface area contributed by atoms with Crippen LogP contribution in [0.15, 0.2) is 30.3 Å². The van der Waals surface area contributed by atoms with Gasteiger partial charge in [0.2, 0.25) is 5.91 Å². The average Bonchev–Trinajstić information content (AvgIpc) is 2.80. The second-order valence-electron chi connectivity index (χ2n) is 5.14. The van der Waals surface area contributed by atoms with Gasteiger partial charge in [-0.3, -0.25) is 9.78 Å². The second kappa shape index (κ2) is 4.77. The van der Waals surface area contributed by atoms with Crippen LogP contribution >= 0.6 is 0 Å². The van der Waals surface area contributed by atoms with E-state index in [1.165, 1.54) is 4.90 Å². The highest BCUT2D eigenvalue weighted by atomic mass is 32.3. The zero-order valence-electron chi connectivity index (χ0n) is 11.3. The molecule has 2 heterocycles. The fourth-order valence-electron chi connectivity index (χ4n) is 2.50. The van der Waals surface area contributed by atoms with Gasteiger partial charge >= 0.3 is 10.2 Å². The molecule has 1 saturated heterocycles. The van der Waals surface area contributed by atoms with E-state index in [4.69, 9.17) is 0 Å². The van der Waals surface area contributed by atoms with Crippen LogP contribution in [0.3, 0.4) is 0 Å². The molecule has 1 amide bonds. The van der Waals surface area contributed by atoms with Gasteiger partial charge in [-0.15, -0.1) is 3.89 Å². The third-order valence-corrected chi connectivity index (χ3v) is 4.72. The van der Waals surface area contributed by atoms with E-state index in [2.05, 4.69) is 4.98 Å². The van der Waals surface area contributed by atoms with Crippen molar-refractivity contribution in [2.75, 3.05) is 11.4 Å². The minimum atomic E-state index is -4.70. The summed E-state index contributed by atoms with van der Waals surface area (Å²) in [5, 5.41) is -0.436. The fourth-order valence-corrected chi connectivity index (χ4v) is 3.16. The molecule has 0 aliphatic carbocycles. The molecule has 2 aromatic rings. The molecule has 110 valence electrons. The zero-order valence-corrected chi connectivity index (χ0v) is 12.1. The Bertz CT molecular complexity index is 835. The van der Waals surface area contributed by atoms with Crippen molar-refractivity contribution in [3.05, 3.63) is 36.0 Å². The minimum Gasteiger partial charge on any atom is -0.311 e. The second-order valence-corrected chi connectivity index (χ2v) is 6.75. The molecule has 1 atom stereocenters. The summed E-state index contributed by atoms with van der Waals surface area (Å²) in [7, 11) is -4.70. The number of halogens is 1. The van der Waals surface area contributed by atoms with Gasteiger partial charge in [0, 0.05) is 29.7 Å². The molecule has 1 unspecified atom stereocenters. The Labute approximate surface area is 121 Å². The Morgan fingerprint density at radius 3 is 2.71 bits per heavy atom. The van der Waals surface area contributed by atoms with Gasteiger partial charge in [-0.1, -0.05) is 6.07 Å². The number of pyridine rings is 1. The van der Waals surface area contributed by atoms with Gasteiger partial charge in [0.05, 0.1) is 5.52 Å². The van der Waals surface area contributed by atoms with Gasteiger partial charge in [-0.05, 0) is 31.2 Å². The largest absolute Gasteiger partial charge is 0.311 e. The van der Waals surface area contributed by atoms with Crippen molar-refractivity contribution in [3.63, 3.8) is 0 Å². The molecule has 1 aliphatic rings. The van der Waals surface area contributed by atoms with Crippen LogP contribution in [0.2, 0.25) is 0 Å². The minimum absolute atomic E-state index is 0.150. The molecular weight excluding hydrogens is 295 g/mol. The van der Waals surface area contributed by atoms with Gasteiger partial charge in [-0.25, -0.2) is 0 Å². The summed E-state index contributed by atoms with van der Waals surface area (Å²) in [5.41, 5.74) is 2.24. The van der Waals surface area contributed by atoms with E-state index in [0.717, 1.165) is 16.6 Å². The third kappa shape index (κ3) is 2.61. The lowest BCUT2D eigenvalue weighted by molar-refractivity contribution is -0.117. The lowest BCUT2D eigenvalue weighted by Gasteiger charge is -2.16. The van der Waals surface area contributed by atoms with Crippen LogP contribution in [0, 0.1) is 6.92 Å². The first kappa shape index (κ1) is 13.9. The van der Waals surface area contributed by atoms with Crippen LogP contribution in [-0.4, -0.2) is 31.1 Å². The number of rotatable bonds is 2. The number of hydrogen-bond donors (Lipinski definition) is 0. The Morgan fingerprint density at radius 2 is 2.05 bits per heavy atom. The van der Waals surface area contributed by atoms with E-state index >= 15 is 0 Å². The van der Waals surface area contributed by atoms with Gasteiger partial charge in [-0.2, -0.15) is 8.42 Å². The van der Waals surface area contributed by atoms with E-state index in [0.29, 0.717) is 5.69 Å². The molecular formula is C14H13FN2O3S. The number of aromatic nitrogens is 1. The summed E-state index contributed by atoms with van der Waals surface area (Å²) in [6, 6.07) is 8.95. The summed E-state index contributed by atoms with van der Waals surface area (Å²) in [5.74, 6) is -0.388. The summed E-state index contributed by atoms with van der Waals surface area (Å²) in [6.45, 7) is 1.73. The molecule has 0 saturated carbocycles. The van der Waals surface area contributed by atoms with Crippen LogP contribution in [0.4, 0.5) is 9.57 Å². The predicted molar refractivity (Wildman–Crippen MR) is 77.3 cm³/mol. The Kier molecular flexibility index (Phi) is 3.16. The molecule has 7 heteroatoms. The van der Waals surface area contributed by atoms with Crippen molar-refractivity contribution in [1.29, 1.82) is 0 Å². The highest BCUT2D eigenvalue weighted by molar-refractivity contribution is 7.87. The molecule has 1 aliphatic heterocycles. The lowest BCUT2D eigenvalue weighted by atomic mass is 10.1. The quantitative estimate of drug-likeness (QED) is 0.795.